The standard InChI is InChI=1S/C17H18N2O2S2/c1-20-15-9-8-14(16(10-15)21-2)11-18-19-17(22)23-12-13-6-4-3-5-7-13/h3-11H,12H2,1-2H3,(H,19,22)/b18-11+. The second kappa shape index (κ2) is 9.17. The lowest BCUT2D eigenvalue weighted by Crippen LogP contribution is -2.11. The molecule has 1 N–H and O–H groups in total. The molecule has 0 unspecified atom stereocenters. The highest BCUT2D eigenvalue weighted by Gasteiger charge is 2.03. The first-order valence-electron chi connectivity index (χ1n) is 6.94. The molecule has 0 saturated heterocycles. The van der Waals surface area contributed by atoms with Crippen molar-refractivity contribution in [3.63, 3.8) is 0 Å². The number of nitrogens with zero attached hydrogens (tertiary/aromatic N) is 1. The van der Waals surface area contributed by atoms with E-state index in [1.807, 2.05) is 36.4 Å². The van der Waals surface area contributed by atoms with Gasteiger partial charge in [-0.1, -0.05) is 54.3 Å². The van der Waals surface area contributed by atoms with Crippen LogP contribution in [0, 0.1) is 0 Å². The van der Waals surface area contributed by atoms with Crippen LogP contribution in [0.5, 0.6) is 11.5 Å². The number of nitrogens with one attached hydrogen (secondary N) is 1. The van der Waals surface area contributed by atoms with Crippen molar-refractivity contribution in [2.24, 2.45) is 5.10 Å². The van der Waals surface area contributed by atoms with Gasteiger partial charge in [0, 0.05) is 17.4 Å². The largest absolute Gasteiger partial charge is 0.497 e. The summed E-state index contributed by atoms with van der Waals surface area (Å²) in [4.78, 5) is 0. The molecule has 0 atom stereocenters. The van der Waals surface area contributed by atoms with E-state index in [9.17, 15) is 0 Å². The van der Waals surface area contributed by atoms with E-state index in [-0.39, 0.29) is 0 Å². The highest BCUT2D eigenvalue weighted by molar-refractivity contribution is 8.22. The van der Waals surface area contributed by atoms with Crippen LogP contribution in [-0.2, 0) is 5.75 Å². The fourth-order valence-corrected chi connectivity index (χ4v) is 2.67. The number of thiocarbonyl (C=S) groups is 1. The molecule has 0 aliphatic rings. The Balaban J connectivity index is 1.87. The topological polar surface area (TPSA) is 42.8 Å². The minimum absolute atomic E-state index is 0.623. The molecule has 0 aliphatic carbocycles. The fourth-order valence-electron chi connectivity index (χ4n) is 1.84. The molecule has 0 bridgehead atoms. The Hall–Kier alpha value is -2.05. The van der Waals surface area contributed by atoms with Crippen molar-refractivity contribution in [2.45, 2.75) is 5.75 Å². The summed E-state index contributed by atoms with van der Waals surface area (Å²) in [6, 6.07) is 15.7. The summed E-state index contributed by atoms with van der Waals surface area (Å²) in [6.45, 7) is 0. The summed E-state index contributed by atoms with van der Waals surface area (Å²) < 4.78 is 11.1. The molecule has 6 heteroatoms. The van der Waals surface area contributed by atoms with Gasteiger partial charge in [0.25, 0.3) is 0 Å². The van der Waals surface area contributed by atoms with Gasteiger partial charge in [-0.15, -0.1) is 0 Å². The number of benzene rings is 2. The summed E-state index contributed by atoms with van der Waals surface area (Å²) >= 11 is 6.79. The van der Waals surface area contributed by atoms with E-state index in [2.05, 4.69) is 22.7 Å². The van der Waals surface area contributed by atoms with Crippen LogP contribution in [0.15, 0.2) is 53.6 Å². The number of rotatable bonds is 6. The Bertz CT molecular complexity index is 676. The van der Waals surface area contributed by atoms with Gasteiger partial charge in [0.15, 0.2) is 4.32 Å². The van der Waals surface area contributed by atoms with Crippen molar-refractivity contribution in [1.29, 1.82) is 0 Å². The lowest BCUT2D eigenvalue weighted by molar-refractivity contribution is 0.394. The van der Waals surface area contributed by atoms with Gasteiger partial charge in [-0.2, -0.15) is 5.10 Å². The van der Waals surface area contributed by atoms with E-state index in [1.165, 1.54) is 17.3 Å². The number of ether oxygens (including phenoxy) is 2. The first-order valence-corrected chi connectivity index (χ1v) is 8.34. The maximum Gasteiger partial charge on any atom is 0.154 e. The van der Waals surface area contributed by atoms with Gasteiger partial charge in [-0.05, 0) is 17.7 Å². The third-order valence-corrected chi connectivity index (χ3v) is 4.29. The Morgan fingerprint density at radius 2 is 1.96 bits per heavy atom. The number of hydrogen-bond acceptors (Lipinski definition) is 5. The van der Waals surface area contributed by atoms with Crippen molar-refractivity contribution in [2.75, 3.05) is 14.2 Å². The molecule has 0 amide bonds. The Morgan fingerprint density at radius 1 is 1.17 bits per heavy atom. The molecule has 0 radical (unpaired) electrons. The zero-order valence-corrected chi connectivity index (χ0v) is 14.6. The molecule has 0 spiro atoms. The van der Waals surface area contributed by atoms with Crippen LogP contribution >= 0.6 is 24.0 Å². The van der Waals surface area contributed by atoms with E-state index in [0.29, 0.717) is 10.1 Å². The van der Waals surface area contributed by atoms with E-state index < -0.39 is 0 Å². The zero-order chi connectivity index (χ0) is 16.5. The van der Waals surface area contributed by atoms with Crippen LogP contribution in [0.1, 0.15) is 11.1 Å². The van der Waals surface area contributed by atoms with Crippen molar-refractivity contribution in [3.05, 3.63) is 59.7 Å². The Labute approximate surface area is 145 Å². The third kappa shape index (κ3) is 5.58. The Morgan fingerprint density at radius 3 is 2.65 bits per heavy atom. The normalized spacial score (nSPS) is 10.5. The van der Waals surface area contributed by atoms with Crippen molar-refractivity contribution in [1.82, 2.24) is 5.43 Å². The van der Waals surface area contributed by atoms with Gasteiger partial charge in [0.2, 0.25) is 0 Å². The fraction of sp³-hybridized carbons (Fsp3) is 0.176. The molecule has 0 saturated carbocycles. The maximum absolute atomic E-state index is 5.31. The summed E-state index contributed by atoms with van der Waals surface area (Å²) in [5, 5.41) is 4.16. The van der Waals surface area contributed by atoms with Gasteiger partial charge in [0.1, 0.15) is 11.5 Å². The van der Waals surface area contributed by atoms with E-state index >= 15 is 0 Å². The van der Waals surface area contributed by atoms with Crippen LogP contribution in [-0.4, -0.2) is 24.8 Å². The second-order valence-corrected chi connectivity index (χ2v) is 6.19. The van der Waals surface area contributed by atoms with Gasteiger partial charge in [-0.3, -0.25) is 5.43 Å². The first-order chi connectivity index (χ1) is 11.2. The number of methoxy groups -OCH3 is 2. The van der Waals surface area contributed by atoms with E-state index in [0.717, 1.165) is 17.1 Å². The summed E-state index contributed by atoms with van der Waals surface area (Å²) in [7, 11) is 3.23. The second-order valence-electron chi connectivity index (χ2n) is 4.54. The molecular weight excluding hydrogens is 328 g/mol. The monoisotopic (exact) mass is 346 g/mol. The Kier molecular flexibility index (Phi) is 6.90. The molecule has 0 aromatic heterocycles. The lowest BCUT2D eigenvalue weighted by Gasteiger charge is -2.07. The van der Waals surface area contributed by atoms with Crippen LogP contribution in [0.25, 0.3) is 0 Å². The predicted octanol–water partition coefficient (Wildman–Crippen LogP) is 3.85. The smallest absolute Gasteiger partial charge is 0.154 e. The van der Waals surface area contributed by atoms with Gasteiger partial charge in [-0.25, -0.2) is 0 Å². The van der Waals surface area contributed by atoms with E-state index in [4.69, 9.17) is 21.7 Å². The average molecular weight is 346 g/mol. The zero-order valence-electron chi connectivity index (χ0n) is 13.0. The van der Waals surface area contributed by atoms with Crippen molar-refractivity contribution >= 4 is 34.5 Å². The summed E-state index contributed by atoms with van der Waals surface area (Å²) in [5.74, 6) is 2.24. The number of hydrazone groups is 1. The van der Waals surface area contributed by atoms with Crippen LogP contribution in [0.3, 0.4) is 0 Å². The summed E-state index contributed by atoms with van der Waals surface area (Å²) in [6.07, 6.45) is 1.67. The molecule has 23 heavy (non-hydrogen) atoms. The quantitative estimate of drug-likeness (QED) is 0.489. The van der Waals surface area contributed by atoms with Gasteiger partial charge >= 0.3 is 0 Å². The van der Waals surface area contributed by atoms with E-state index in [1.54, 1.807) is 20.4 Å². The number of thioether (sulfide) groups is 1. The van der Waals surface area contributed by atoms with Crippen LogP contribution in [0.2, 0.25) is 0 Å². The lowest BCUT2D eigenvalue weighted by atomic mass is 10.2. The molecule has 0 aliphatic heterocycles. The SMILES string of the molecule is COc1ccc(/C=N/NC(=S)SCc2ccccc2)c(OC)c1. The molecule has 120 valence electrons. The van der Waals surface area contributed by atoms with Crippen LogP contribution < -0.4 is 14.9 Å². The average Bonchev–Trinajstić information content (AvgIpc) is 2.61. The van der Waals surface area contributed by atoms with Gasteiger partial charge in [0.05, 0.1) is 20.4 Å². The third-order valence-electron chi connectivity index (χ3n) is 3.01. The highest BCUT2D eigenvalue weighted by atomic mass is 32.2. The molecule has 2 aromatic carbocycles. The molecule has 0 fully saturated rings. The first kappa shape index (κ1) is 17.3. The molecule has 2 aromatic rings. The number of hydrogen-bond donors (Lipinski definition) is 1. The maximum atomic E-state index is 5.31. The minimum Gasteiger partial charge on any atom is -0.497 e. The predicted molar refractivity (Wildman–Crippen MR) is 101 cm³/mol. The minimum atomic E-state index is 0.623. The van der Waals surface area contributed by atoms with Crippen LogP contribution in [0.4, 0.5) is 0 Å². The molecule has 0 heterocycles. The van der Waals surface area contributed by atoms with Gasteiger partial charge < -0.3 is 9.47 Å². The van der Waals surface area contributed by atoms with Crippen molar-refractivity contribution < 1.29 is 9.47 Å². The highest BCUT2D eigenvalue weighted by Crippen LogP contribution is 2.23. The van der Waals surface area contributed by atoms with Crippen molar-refractivity contribution in [3.8, 4) is 11.5 Å². The summed E-state index contributed by atoms with van der Waals surface area (Å²) in [5.41, 5.74) is 4.93. The molecule has 2 rings (SSSR count). The molecular formula is C17H18N2O2S2. The molecule has 4 nitrogen and oxygen atoms in total.